The normalized spacial score (nSPS) is 11.0. The summed E-state index contributed by atoms with van der Waals surface area (Å²) in [5, 5.41) is 0. The average Bonchev–Trinajstić information content (AvgIpc) is 2.60. The van der Waals surface area contributed by atoms with Gasteiger partial charge in [-0.1, -0.05) is 39.8 Å². The quantitative estimate of drug-likeness (QED) is 0.690. The van der Waals surface area contributed by atoms with Crippen LogP contribution in [0.4, 0.5) is 0 Å². The molecule has 0 N–H and O–H groups in total. The number of aromatic nitrogens is 1. The zero-order valence-electron chi connectivity index (χ0n) is 15.7. The molecule has 2 aromatic rings. The van der Waals surface area contributed by atoms with Gasteiger partial charge in [-0.25, -0.2) is 4.79 Å². The van der Waals surface area contributed by atoms with E-state index in [4.69, 9.17) is 9.47 Å². The van der Waals surface area contributed by atoms with Crippen molar-refractivity contribution >= 4 is 5.97 Å². The van der Waals surface area contributed by atoms with Gasteiger partial charge in [-0.3, -0.25) is 4.98 Å². The number of ether oxygens (including phenoxy) is 2. The molecule has 0 unspecified atom stereocenters. The number of carbonyl (C=O) groups excluding carboxylic acids is 1. The third-order valence-electron chi connectivity index (χ3n) is 3.90. The molecular formula is C21H27NO3. The summed E-state index contributed by atoms with van der Waals surface area (Å²) in [6, 6.07) is 9.94. The molecule has 1 heterocycles. The van der Waals surface area contributed by atoms with Gasteiger partial charge in [0.1, 0.15) is 5.75 Å². The molecule has 0 saturated heterocycles. The second-order valence-corrected chi connectivity index (χ2v) is 6.94. The Labute approximate surface area is 150 Å². The molecule has 25 heavy (non-hydrogen) atoms. The molecule has 0 amide bonds. The Bertz CT molecular complexity index is 706. The Morgan fingerprint density at radius 3 is 2.44 bits per heavy atom. The largest absolute Gasteiger partial charge is 0.493 e. The molecule has 0 aliphatic carbocycles. The molecule has 0 aliphatic rings. The first-order valence-electron chi connectivity index (χ1n) is 8.69. The number of benzene rings is 1. The lowest BCUT2D eigenvalue weighted by atomic mass is 9.97. The zero-order valence-corrected chi connectivity index (χ0v) is 15.7. The summed E-state index contributed by atoms with van der Waals surface area (Å²) in [5.74, 6) is 1.48. The molecule has 0 radical (unpaired) electrons. The Morgan fingerprint density at radius 1 is 1.12 bits per heavy atom. The van der Waals surface area contributed by atoms with Crippen LogP contribution in [0.3, 0.4) is 0 Å². The van der Waals surface area contributed by atoms with Crippen LogP contribution in [0.2, 0.25) is 0 Å². The van der Waals surface area contributed by atoms with Crippen molar-refractivity contribution < 1.29 is 14.3 Å². The number of hydrogen-bond donors (Lipinski definition) is 0. The molecule has 1 aromatic heterocycles. The van der Waals surface area contributed by atoms with Crippen LogP contribution in [-0.4, -0.2) is 24.7 Å². The minimum Gasteiger partial charge on any atom is -0.493 e. The van der Waals surface area contributed by atoms with E-state index in [2.05, 4.69) is 50.9 Å². The number of methoxy groups -OCH3 is 1. The summed E-state index contributed by atoms with van der Waals surface area (Å²) in [6.45, 7) is 9.35. The van der Waals surface area contributed by atoms with Crippen LogP contribution in [0.1, 0.15) is 60.8 Å². The van der Waals surface area contributed by atoms with E-state index >= 15 is 0 Å². The van der Waals surface area contributed by atoms with E-state index in [9.17, 15) is 4.79 Å². The highest BCUT2D eigenvalue weighted by Gasteiger charge is 2.11. The summed E-state index contributed by atoms with van der Waals surface area (Å²) >= 11 is 0. The van der Waals surface area contributed by atoms with E-state index in [1.165, 1.54) is 18.2 Å². The monoisotopic (exact) mass is 341 g/mol. The maximum absolute atomic E-state index is 11.5. The van der Waals surface area contributed by atoms with Gasteiger partial charge >= 0.3 is 5.97 Å². The number of rotatable bonds is 7. The fourth-order valence-electron chi connectivity index (χ4n) is 2.52. The van der Waals surface area contributed by atoms with Gasteiger partial charge in [0, 0.05) is 18.3 Å². The van der Waals surface area contributed by atoms with Gasteiger partial charge in [0.2, 0.25) is 0 Å². The van der Waals surface area contributed by atoms with Crippen molar-refractivity contribution in [3.8, 4) is 5.75 Å². The minimum absolute atomic E-state index is 0.368. The molecule has 0 atom stereocenters. The van der Waals surface area contributed by atoms with Gasteiger partial charge in [-0.15, -0.1) is 0 Å². The standard InChI is InChI=1S/C21H27NO3/c1-14(2)13-25-20-9-6-16(11-19(20)15(3)4)10-18-8-7-17(12-22-18)21(23)24-5/h6-9,11-12,14-15H,10,13H2,1-5H3. The van der Waals surface area contributed by atoms with Gasteiger partial charge in [0.15, 0.2) is 0 Å². The van der Waals surface area contributed by atoms with Crippen LogP contribution in [0.5, 0.6) is 5.75 Å². The summed E-state index contributed by atoms with van der Waals surface area (Å²) < 4.78 is 10.6. The first-order valence-corrected chi connectivity index (χ1v) is 8.69. The average molecular weight is 341 g/mol. The molecule has 134 valence electrons. The van der Waals surface area contributed by atoms with E-state index in [1.807, 2.05) is 6.07 Å². The number of pyridine rings is 1. The van der Waals surface area contributed by atoms with Gasteiger partial charge in [0.05, 0.1) is 19.3 Å². The van der Waals surface area contributed by atoms with Gasteiger partial charge < -0.3 is 9.47 Å². The predicted octanol–water partition coefficient (Wildman–Crippen LogP) is 4.62. The predicted molar refractivity (Wildman–Crippen MR) is 99.2 cm³/mol. The Balaban J connectivity index is 2.16. The van der Waals surface area contributed by atoms with Crippen LogP contribution < -0.4 is 4.74 Å². The van der Waals surface area contributed by atoms with Crippen LogP contribution in [0.15, 0.2) is 36.5 Å². The van der Waals surface area contributed by atoms with Crippen LogP contribution in [0, 0.1) is 5.92 Å². The SMILES string of the molecule is COC(=O)c1ccc(Cc2ccc(OCC(C)C)c(C(C)C)c2)nc1. The fourth-order valence-corrected chi connectivity index (χ4v) is 2.52. The molecule has 0 aliphatic heterocycles. The lowest BCUT2D eigenvalue weighted by molar-refractivity contribution is 0.0600. The van der Waals surface area contributed by atoms with Crippen molar-refractivity contribution in [1.82, 2.24) is 4.98 Å². The maximum Gasteiger partial charge on any atom is 0.339 e. The first kappa shape index (κ1) is 19.0. The van der Waals surface area contributed by atoms with Crippen molar-refractivity contribution in [1.29, 1.82) is 0 Å². The second-order valence-electron chi connectivity index (χ2n) is 6.94. The molecule has 0 spiro atoms. The molecule has 0 fully saturated rings. The summed E-state index contributed by atoms with van der Waals surface area (Å²) in [4.78, 5) is 15.8. The number of hydrogen-bond acceptors (Lipinski definition) is 4. The maximum atomic E-state index is 11.5. The number of carbonyl (C=O) groups is 1. The molecule has 4 heteroatoms. The number of esters is 1. The highest BCUT2D eigenvalue weighted by Crippen LogP contribution is 2.28. The van der Waals surface area contributed by atoms with Gasteiger partial charge in [0.25, 0.3) is 0 Å². The lowest BCUT2D eigenvalue weighted by Crippen LogP contribution is -2.07. The van der Waals surface area contributed by atoms with E-state index in [0.29, 0.717) is 23.8 Å². The van der Waals surface area contributed by atoms with Crippen molar-refractivity contribution in [2.45, 2.75) is 40.0 Å². The third-order valence-corrected chi connectivity index (χ3v) is 3.90. The van der Waals surface area contributed by atoms with Gasteiger partial charge in [-0.2, -0.15) is 0 Å². The minimum atomic E-state index is -0.368. The topological polar surface area (TPSA) is 48.4 Å². The van der Waals surface area contributed by atoms with E-state index in [0.717, 1.165) is 18.1 Å². The molecule has 0 saturated carbocycles. The summed E-state index contributed by atoms with van der Waals surface area (Å²) in [5.41, 5.74) is 3.77. The van der Waals surface area contributed by atoms with E-state index in [-0.39, 0.29) is 5.97 Å². The van der Waals surface area contributed by atoms with Crippen molar-refractivity contribution in [2.75, 3.05) is 13.7 Å². The lowest BCUT2D eigenvalue weighted by Gasteiger charge is -2.17. The molecule has 1 aromatic carbocycles. The summed E-state index contributed by atoms with van der Waals surface area (Å²) in [7, 11) is 1.37. The van der Waals surface area contributed by atoms with E-state index < -0.39 is 0 Å². The molecule has 4 nitrogen and oxygen atoms in total. The molecule has 0 bridgehead atoms. The van der Waals surface area contributed by atoms with Gasteiger partial charge in [-0.05, 0) is 41.2 Å². The molecular weight excluding hydrogens is 314 g/mol. The highest BCUT2D eigenvalue weighted by molar-refractivity contribution is 5.88. The Hall–Kier alpha value is -2.36. The second kappa shape index (κ2) is 8.65. The first-order chi connectivity index (χ1) is 11.9. The van der Waals surface area contributed by atoms with Crippen molar-refractivity contribution in [2.24, 2.45) is 5.92 Å². The Morgan fingerprint density at radius 2 is 1.88 bits per heavy atom. The molecule has 2 rings (SSSR count). The fraction of sp³-hybridized carbons (Fsp3) is 0.429. The van der Waals surface area contributed by atoms with E-state index in [1.54, 1.807) is 12.3 Å². The highest BCUT2D eigenvalue weighted by atomic mass is 16.5. The van der Waals surface area contributed by atoms with Crippen molar-refractivity contribution in [3.63, 3.8) is 0 Å². The van der Waals surface area contributed by atoms with Crippen molar-refractivity contribution in [3.05, 3.63) is 58.9 Å². The van der Waals surface area contributed by atoms with Crippen LogP contribution >= 0.6 is 0 Å². The zero-order chi connectivity index (χ0) is 18.4. The van der Waals surface area contributed by atoms with Crippen LogP contribution in [0.25, 0.3) is 0 Å². The third kappa shape index (κ3) is 5.31. The van der Waals surface area contributed by atoms with Crippen LogP contribution in [-0.2, 0) is 11.2 Å². The number of nitrogens with zero attached hydrogens (tertiary/aromatic N) is 1. The summed E-state index contributed by atoms with van der Waals surface area (Å²) in [6.07, 6.45) is 2.27. The Kier molecular flexibility index (Phi) is 6.57. The smallest absolute Gasteiger partial charge is 0.339 e.